The van der Waals surface area contributed by atoms with Gasteiger partial charge in [-0.05, 0) is 0 Å². The van der Waals surface area contributed by atoms with E-state index in [4.69, 9.17) is 40.5 Å². The zero-order valence-electron chi connectivity index (χ0n) is 5.60. The van der Waals surface area contributed by atoms with Gasteiger partial charge >= 0.3 is 0 Å². The lowest BCUT2D eigenvalue weighted by Gasteiger charge is -2.21. The van der Waals surface area contributed by atoms with Crippen molar-refractivity contribution >= 4 is 34.8 Å². The van der Waals surface area contributed by atoms with E-state index >= 15 is 0 Å². The number of alkyl halides is 3. The quantitative estimate of drug-likeness (QED) is 0.561. The molecule has 1 unspecified atom stereocenters. The first-order valence-corrected chi connectivity index (χ1v) is 4.19. The van der Waals surface area contributed by atoms with E-state index in [-0.39, 0.29) is 0 Å². The molecule has 4 heteroatoms. The summed E-state index contributed by atoms with van der Waals surface area (Å²) in [7, 11) is 0. The molecular formula is C7H7Cl3N-. The smallest absolute Gasteiger partial charge is 0.207 e. The average Bonchev–Trinajstić information content (AvgIpc) is 2.34. The molecular weight excluding hydrogens is 204 g/mol. The van der Waals surface area contributed by atoms with Gasteiger partial charge in [0.25, 0.3) is 0 Å². The van der Waals surface area contributed by atoms with Crippen molar-refractivity contribution < 1.29 is 0 Å². The van der Waals surface area contributed by atoms with Crippen LogP contribution in [0.25, 0.3) is 0 Å². The van der Waals surface area contributed by atoms with Crippen molar-refractivity contribution in [1.82, 2.24) is 0 Å². The molecule has 1 nitrogen and oxygen atoms in total. The van der Waals surface area contributed by atoms with E-state index in [0.29, 0.717) is 0 Å². The third kappa shape index (κ3) is 2.31. The minimum atomic E-state index is -1.42. The third-order valence-corrected chi connectivity index (χ3v) is 2.11. The second-order valence-corrected chi connectivity index (χ2v) is 4.61. The molecule has 0 aliphatic rings. The van der Waals surface area contributed by atoms with Gasteiger partial charge in [-0.25, -0.2) is 12.1 Å². The van der Waals surface area contributed by atoms with Gasteiger partial charge < -0.3 is 5.73 Å². The van der Waals surface area contributed by atoms with E-state index in [1.165, 1.54) is 0 Å². The molecule has 11 heavy (non-hydrogen) atoms. The van der Waals surface area contributed by atoms with E-state index < -0.39 is 9.83 Å². The third-order valence-electron chi connectivity index (χ3n) is 1.40. The van der Waals surface area contributed by atoms with Crippen LogP contribution in [-0.2, 0) is 0 Å². The normalized spacial score (nSPS) is 14.9. The van der Waals surface area contributed by atoms with Gasteiger partial charge in [-0.1, -0.05) is 34.8 Å². The predicted molar refractivity (Wildman–Crippen MR) is 49.3 cm³/mol. The number of hydrogen-bond donors (Lipinski definition) is 1. The molecule has 0 fully saturated rings. The van der Waals surface area contributed by atoms with Crippen LogP contribution in [0.5, 0.6) is 0 Å². The topological polar surface area (TPSA) is 26.0 Å². The van der Waals surface area contributed by atoms with Crippen molar-refractivity contribution in [3.63, 3.8) is 0 Å². The van der Waals surface area contributed by atoms with Gasteiger partial charge in [-0.3, -0.25) is 0 Å². The van der Waals surface area contributed by atoms with E-state index in [9.17, 15) is 0 Å². The molecule has 0 aromatic heterocycles. The molecule has 0 bridgehead atoms. The van der Waals surface area contributed by atoms with Gasteiger partial charge in [0.15, 0.2) is 0 Å². The number of rotatable bonds is 1. The number of nitrogens with two attached hydrogens (primary N) is 1. The van der Waals surface area contributed by atoms with Crippen LogP contribution in [0, 0.1) is 0 Å². The first kappa shape index (κ1) is 9.27. The van der Waals surface area contributed by atoms with Crippen molar-refractivity contribution in [3.8, 4) is 0 Å². The molecule has 0 spiro atoms. The molecule has 0 heterocycles. The van der Waals surface area contributed by atoms with Gasteiger partial charge in [-0.2, -0.15) is 12.1 Å². The molecule has 0 aliphatic heterocycles. The summed E-state index contributed by atoms with van der Waals surface area (Å²) in [4.78, 5) is 0. The fraction of sp³-hybridized carbons (Fsp3) is 0.286. The van der Waals surface area contributed by atoms with Crippen molar-refractivity contribution in [2.45, 2.75) is 9.83 Å². The molecule has 1 aromatic rings. The molecule has 1 aromatic carbocycles. The fourth-order valence-corrected chi connectivity index (χ4v) is 1.16. The summed E-state index contributed by atoms with van der Waals surface area (Å²) in [6.45, 7) is 0. The van der Waals surface area contributed by atoms with E-state index in [1.54, 1.807) is 0 Å². The summed E-state index contributed by atoms with van der Waals surface area (Å²) < 4.78 is -1.42. The molecule has 0 saturated heterocycles. The highest BCUT2D eigenvalue weighted by molar-refractivity contribution is 6.68. The first-order valence-electron chi connectivity index (χ1n) is 3.05. The number of hydrogen-bond acceptors (Lipinski definition) is 1. The summed E-state index contributed by atoms with van der Waals surface area (Å²) >= 11 is 16.7. The average molecular weight is 211 g/mol. The van der Waals surface area contributed by atoms with Gasteiger partial charge in [0, 0.05) is 0 Å². The Labute approximate surface area is 80.4 Å². The van der Waals surface area contributed by atoms with Gasteiger partial charge in [-0.15, -0.1) is 5.56 Å². The second kappa shape index (κ2) is 3.28. The van der Waals surface area contributed by atoms with Crippen LogP contribution in [0.15, 0.2) is 24.3 Å². The van der Waals surface area contributed by atoms with Crippen LogP contribution in [0.1, 0.15) is 11.6 Å². The monoisotopic (exact) mass is 210 g/mol. The van der Waals surface area contributed by atoms with Crippen molar-refractivity contribution in [2.24, 2.45) is 5.73 Å². The summed E-state index contributed by atoms with van der Waals surface area (Å²) in [5.74, 6) is 0. The van der Waals surface area contributed by atoms with Crippen LogP contribution >= 0.6 is 34.8 Å². The first-order chi connectivity index (χ1) is 5.02. The largest absolute Gasteiger partial charge is 0.322 e. The highest BCUT2D eigenvalue weighted by Gasteiger charge is 2.28. The Morgan fingerprint density at radius 3 is 2.45 bits per heavy atom. The minimum Gasteiger partial charge on any atom is -0.322 e. The molecule has 1 rings (SSSR count). The Kier molecular flexibility index (Phi) is 2.76. The highest BCUT2D eigenvalue weighted by atomic mass is 35.6. The van der Waals surface area contributed by atoms with Crippen LogP contribution in [-0.4, -0.2) is 3.79 Å². The maximum atomic E-state index is 5.62. The van der Waals surface area contributed by atoms with Crippen molar-refractivity contribution in [2.75, 3.05) is 0 Å². The predicted octanol–water partition coefficient (Wildman–Crippen LogP) is 2.78. The van der Waals surface area contributed by atoms with E-state index in [0.717, 1.165) is 5.56 Å². The fourth-order valence-electron chi connectivity index (χ4n) is 0.785. The molecule has 62 valence electrons. The Hall–Kier alpha value is 0.180. The Balaban J connectivity index is 2.78. The summed E-state index contributed by atoms with van der Waals surface area (Å²) in [6.07, 6.45) is 0. The van der Waals surface area contributed by atoms with Crippen LogP contribution in [0.3, 0.4) is 0 Å². The standard InChI is InChI=1S/C7H7Cl3N/c8-7(9,10)6(11)5-3-1-2-4-5/h1-4,6H,11H2/q-1. The van der Waals surface area contributed by atoms with Crippen LogP contribution < -0.4 is 5.73 Å². The molecule has 0 radical (unpaired) electrons. The Morgan fingerprint density at radius 2 is 2.09 bits per heavy atom. The van der Waals surface area contributed by atoms with E-state index in [1.807, 2.05) is 24.3 Å². The lowest BCUT2D eigenvalue weighted by molar-refractivity contribution is 0.751. The SMILES string of the molecule is NC(c1ccc[cH-]1)C(Cl)(Cl)Cl. The maximum absolute atomic E-state index is 5.62. The molecule has 0 aliphatic carbocycles. The zero-order chi connectivity index (χ0) is 8.48. The molecule has 2 N–H and O–H groups in total. The molecule has 0 amide bonds. The summed E-state index contributed by atoms with van der Waals surface area (Å²) in [6, 6.07) is 6.80. The van der Waals surface area contributed by atoms with Gasteiger partial charge in [0.05, 0.1) is 6.04 Å². The molecule has 0 saturated carbocycles. The lowest BCUT2D eigenvalue weighted by atomic mass is 10.2. The Morgan fingerprint density at radius 1 is 1.45 bits per heavy atom. The van der Waals surface area contributed by atoms with Crippen molar-refractivity contribution in [1.29, 1.82) is 0 Å². The summed E-state index contributed by atoms with van der Waals surface area (Å²) in [5, 5.41) is 0. The van der Waals surface area contributed by atoms with Crippen molar-refractivity contribution in [3.05, 3.63) is 29.8 Å². The maximum Gasteiger partial charge on any atom is 0.207 e. The highest BCUT2D eigenvalue weighted by Crippen LogP contribution is 2.37. The summed E-state index contributed by atoms with van der Waals surface area (Å²) in [5.41, 5.74) is 6.46. The van der Waals surface area contributed by atoms with Gasteiger partial charge in [0.2, 0.25) is 3.79 Å². The second-order valence-electron chi connectivity index (χ2n) is 2.24. The number of halogens is 3. The van der Waals surface area contributed by atoms with Crippen LogP contribution in [0.2, 0.25) is 0 Å². The lowest BCUT2D eigenvalue weighted by Crippen LogP contribution is -2.24. The van der Waals surface area contributed by atoms with Crippen LogP contribution in [0.4, 0.5) is 0 Å². The zero-order valence-corrected chi connectivity index (χ0v) is 7.87. The Bertz CT molecular complexity index is 212. The molecule has 1 atom stereocenters. The minimum absolute atomic E-state index is 0.553. The van der Waals surface area contributed by atoms with E-state index in [2.05, 4.69) is 0 Å². The van der Waals surface area contributed by atoms with Gasteiger partial charge in [0.1, 0.15) is 0 Å².